The fraction of sp³-hybridized carbons (Fsp3) is 0.111. The molecule has 1 aromatic heterocycles. The van der Waals surface area contributed by atoms with E-state index in [1.807, 2.05) is 48.5 Å². The molecule has 1 N–H and O–H groups in total. The Labute approximate surface area is 122 Å². The zero-order valence-corrected chi connectivity index (χ0v) is 11.4. The van der Waals surface area contributed by atoms with Gasteiger partial charge in [0.05, 0.1) is 5.92 Å². The largest absolute Gasteiger partial charge is 0.384 e. The van der Waals surface area contributed by atoms with Crippen molar-refractivity contribution < 1.29 is 4.79 Å². The van der Waals surface area contributed by atoms with Crippen LogP contribution in [0.1, 0.15) is 21.8 Å². The molecule has 3 heteroatoms. The van der Waals surface area contributed by atoms with Crippen molar-refractivity contribution in [3.63, 3.8) is 0 Å². The predicted molar refractivity (Wildman–Crippen MR) is 83.7 cm³/mol. The number of ketones is 1. The van der Waals surface area contributed by atoms with E-state index in [2.05, 4.69) is 10.3 Å². The second kappa shape index (κ2) is 4.70. The molecule has 2 aromatic carbocycles. The first kappa shape index (κ1) is 12.1. The second-order valence-electron chi connectivity index (χ2n) is 5.29. The summed E-state index contributed by atoms with van der Waals surface area (Å²) >= 11 is 0. The van der Waals surface area contributed by atoms with Crippen molar-refractivity contribution in [2.45, 2.75) is 5.92 Å². The van der Waals surface area contributed by atoms with Crippen molar-refractivity contribution in [2.24, 2.45) is 0 Å². The molecule has 0 fully saturated rings. The Morgan fingerprint density at radius 2 is 2.00 bits per heavy atom. The Hall–Kier alpha value is -2.68. The van der Waals surface area contributed by atoms with Gasteiger partial charge in [-0.25, -0.2) is 0 Å². The van der Waals surface area contributed by atoms with Gasteiger partial charge in [0.25, 0.3) is 0 Å². The highest BCUT2D eigenvalue weighted by Gasteiger charge is 2.29. The number of rotatable bonds is 2. The van der Waals surface area contributed by atoms with Crippen LogP contribution in [0, 0.1) is 0 Å². The van der Waals surface area contributed by atoms with E-state index in [-0.39, 0.29) is 11.7 Å². The lowest BCUT2D eigenvalue weighted by molar-refractivity contribution is 0.0968. The molecule has 0 saturated carbocycles. The molecule has 21 heavy (non-hydrogen) atoms. The minimum Gasteiger partial charge on any atom is -0.384 e. The number of nitrogens with zero attached hydrogens (tertiary/aromatic N) is 1. The normalized spacial score (nSPS) is 16.5. The quantitative estimate of drug-likeness (QED) is 0.726. The average molecular weight is 274 g/mol. The van der Waals surface area contributed by atoms with E-state index in [1.165, 1.54) is 0 Å². The zero-order valence-electron chi connectivity index (χ0n) is 11.4. The van der Waals surface area contributed by atoms with Gasteiger partial charge in [0.1, 0.15) is 0 Å². The third kappa shape index (κ3) is 1.89. The highest BCUT2D eigenvalue weighted by Crippen LogP contribution is 2.34. The van der Waals surface area contributed by atoms with Gasteiger partial charge in [-0.1, -0.05) is 36.4 Å². The van der Waals surface area contributed by atoms with Crippen molar-refractivity contribution in [1.82, 2.24) is 4.98 Å². The van der Waals surface area contributed by atoms with Crippen LogP contribution in [0.2, 0.25) is 0 Å². The number of benzene rings is 2. The number of hydrogen-bond donors (Lipinski definition) is 1. The molecule has 1 atom stereocenters. The smallest absolute Gasteiger partial charge is 0.172 e. The van der Waals surface area contributed by atoms with Gasteiger partial charge < -0.3 is 5.32 Å². The summed E-state index contributed by atoms with van der Waals surface area (Å²) in [6.07, 6.45) is 3.53. The summed E-state index contributed by atoms with van der Waals surface area (Å²) in [5, 5.41) is 5.29. The van der Waals surface area contributed by atoms with Crippen molar-refractivity contribution in [3.8, 4) is 0 Å². The summed E-state index contributed by atoms with van der Waals surface area (Å²) in [5.74, 6) is 0.0595. The summed E-state index contributed by atoms with van der Waals surface area (Å²) in [4.78, 5) is 17.1. The number of Topliss-reactive ketones (excluding diaryl/α,β-unsaturated/α-hetero) is 1. The molecule has 1 aliphatic rings. The summed E-state index contributed by atoms with van der Waals surface area (Å²) in [5.41, 5.74) is 2.93. The Morgan fingerprint density at radius 1 is 1.10 bits per heavy atom. The van der Waals surface area contributed by atoms with Crippen LogP contribution in [-0.4, -0.2) is 17.3 Å². The molecule has 4 rings (SSSR count). The van der Waals surface area contributed by atoms with E-state index in [4.69, 9.17) is 0 Å². The van der Waals surface area contributed by atoms with Crippen LogP contribution in [0.5, 0.6) is 0 Å². The van der Waals surface area contributed by atoms with Gasteiger partial charge >= 0.3 is 0 Å². The molecular formula is C18H14N2O. The third-order valence-electron chi connectivity index (χ3n) is 4.10. The lowest BCUT2D eigenvalue weighted by Gasteiger charge is -2.11. The summed E-state index contributed by atoms with van der Waals surface area (Å²) in [6.45, 7) is 0.666. The average Bonchev–Trinajstić information content (AvgIpc) is 2.98. The van der Waals surface area contributed by atoms with Crippen LogP contribution < -0.4 is 5.32 Å². The fourth-order valence-electron chi connectivity index (χ4n) is 3.04. The molecule has 1 aliphatic heterocycles. The van der Waals surface area contributed by atoms with Crippen LogP contribution in [0.25, 0.3) is 10.8 Å². The molecule has 1 unspecified atom stereocenters. The SMILES string of the molecule is O=C(c1cccc2cnccc12)C1CNc2ccccc21. The van der Waals surface area contributed by atoms with Crippen LogP contribution in [0.4, 0.5) is 5.69 Å². The van der Waals surface area contributed by atoms with E-state index in [0.29, 0.717) is 6.54 Å². The number of anilines is 1. The van der Waals surface area contributed by atoms with E-state index < -0.39 is 0 Å². The molecule has 3 aromatic rings. The molecule has 0 spiro atoms. The minimum absolute atomic E-state index is 0.111. The molecule has 0 saturated heterocycles. The van der Waals surface area contributed by atoms with Crippen molar-refractivity contribution >= 4 is 22.2 Å². The predicted octanol–water partition coefficient (Wildman–Crippen LogP) is 3.63. The molecule has 0 radical (unpaired) electrons. The number of hydrogen-bond acceptors (Lipinski definition) is 3. The van der Waals surface area contributed by atoms with E-state index in [9.17, 15) is 4.79 Å². The fourth-order valence-corrected chi connectivity index (χ4v) is 3.04. The molecule has 0 aliphatic carbocycles. The van der Waals surface area contributed by atoms with Crippen molar-refractivity contribution in [1.29, 1.82) is 0 Å². The van der Waals surface area contributed by atoms with Crippen LogP contribution in [-0.2, 0) is 0 Å². The Kier molecular flexibility index (Phi) is 2.71. The Balaban J connectivity index is 1.82. The van der Waals surface area contributed by atoms with Gasteiger partial charge in [-0.05, 0) is 23.1 Å². The number of carbonyl (C=O) groups excluding carboxylic acids is 1. The number of para-hydroxylation sites is 1. The molecular weight excluding hydrogens is 260 g/mol. The number of pyridine rings is 1. The first-order chi connectivity index (χ1) is 10.3. The number of nitrogens with one attached hydrogen (secondary N) is 1. The van der Waals surface area contributed by atoms with E-state index in [0.717, 1.165) is 27.6 Å². The highest BCUT2D eigenvalue weighted by molar-refractivity contribution is 6.11. The zero-order chi connectivity index (χ0) is 14.2. The first-order valence-corrected chi connectivity index (χ1v) is 7.04. The maximum atomic E-state index is 13.0. The van der Waals surface area contributed by atoms with Crippen LogP contribution in [0.3, 0.4) is 0 Å². The van der Waals surface area contributed by atoms with Gasteiger partial charge in [-0.15, -0.1) is 0 Å². The lowest BCUT2D eigenvalue weighted by atomic mass is 9.90. The number of carbonyl (C=O) groups is 1. The Bertz CT molecular complexity index is 836. The first-order valence-electron chi connectivity index (χ1n) is 7.04. The molecule has 102 valence electrons. The van der Waals surface area contributed by atoms with Gasteiger partial charge in [-0.2, -0.15) is 0 Å². The maximum absolute atomic E-state index is 13.0. The van der Waals surface area contributed by atoms with Gasteiger partial charge in [-0.3, -0.25) is 9.78 Å². The van der Waals surface area contributed by atoms with Crippen molar-refractivity contribution in [3.05, 3.63) is 72.1 Å². The second-order valence-corrected chi connectivity index (χ2v) is 5.29. The summed E-state index contributed by atoms with van der Waals surface area (Å²) in [6, 6.07) is 15.8. The molecule has 3 nitrogen and oxygen atoms in total. The van der Waals surface area contributed by atoms with Crippen LogP contribution >= 0.6 is 0 Å². The van der Waals surface area contributed by atoms with Crippen molar-refractivity contribution in [2.75, 3.05) is 11.9 Å². The summed E-state index contributed by atoms with van der Waals surface area (Å²) in [7, 11) is 0. The van der Waals surface area contributed by atoms with E-state index >= 15 is 0 Å². The standard InChI is InChI=1S/C18H14N2O/c21-18(16-11-20-17-7-2-1-5-14(16)17)15-6-3-4-12-10-19-9-8-13(12)15/h1-10,16,20H,11H2. The minimum atomic E-state index is -0.111. The molecule has 2 heterocycles. The Morgan fingerprint density at radius 3 is 2.95 bits per heavy atom. The topological polar surface area (TPSA) is 42.0 Å². The van der Waals surface area contributed by atoms with Crippen LogP contribution in [0.15, 0.2) is 60.9 Å². The van der Waals surface area contributed by atoms with E-state index in [1.54, 1.807) is 12.4 Å². The molecule has 0 bridgehead atoms. The monoisotopic (exact) mass is 274 g/mol. The summed E-state index contributed by atoms with van der Waals surface area (Å²) < 4.78 is 0. The lowest BCUT2D eigenvalue weighted by Crippen LogP contribution is -2.15. The number of fused-ring (bicyclic) bond motifs is 2. The third-order valence-corrected chi connectivity index (χ3v) is 4.10. The van der Waals surface area contributed by atoms with Gasteiger partial charge in [0, 0.05) is 35.6 Å². The highest BCUT2D eigenvalue weighted by atomic mass is 16.1. The van der Waals surface area contributed by atoms with Gasteiger partial charge in [0.2, 0.25) is 0 Å². The maximum Gasteiger partial charge on any atom is 0.172 e. The number of aromatic nitrogens is 1. The molecule has 0 amide bonds. The van der Waals surface area contributed by atoms with Gasteiger partial charge in [0.15, 0.2) is 5.78 Å².